The van der Waals surface area contributed by atoms with Crippen molar-refractivity contribution in [3.8, 4) is 16.2 Å². The van der Waals surface area contributed by atoms with Gasteiger partial charge in [-0.15, -0.1) is 5.10 Å². The Bertz CT molecular complexity index is 1180. The van der Waals surface area contributed by atoms with Crippen molar-refractivity contribution in [3.05, 3.63) is 65.9 Å². The maximum Gasteiger partial charge on any atom is 0.251 e. The zero-order valence-corrected chi connectivity index (χ0v) is 19.5. The molecule has 1 aliphatic heterocycles. The highest BCUT2D eigenvalue weighted by molar-refractivity contribution is 7.09. The van der Waals surface area contributed by atoms with Crippen LogP contribution in [0.3, 0.4) is 0 Å². The van der Waals surface area contributed by atoms with Crippen LogP contribution in [0, 0.1) is 0 Å². The number of benzene rings is 2. The number of ether oxygens (including phenoxy) is 1. The van der Waals surface area contributed by atoms with Crippen molar-refractivity contribution >= 4 is 29.1 Å². The van der Waals surface area contributed by atoms with Crippen molar-refractivity contribution in [2.45, 2.75) is 31.4 Å². The molecule has 176 valence electrons. The second-order valence-corrected chi connectivity index (χ2v) is 9.07. The topological polar surface area (TPSA) is 131 Å². The number of hydrogen-bond donors (Lipinski definition) is 3. The fraction of sp³-hybridized carbons (Fsp3) is 0.292. The van der Waals surface area contributed by atoms with Crippen molar-refractivity contribution in [1.29, 1.82) is 0 Å². The fourth-order valence-electron chi connectivity index (χ4n) is 3.70. The van der Waals surface area contributed by atoms with Crippen LogP contribution < -0.4 is 10.6 Å². The Kier molecular flexibility index (Phi) is 6.71. The second-order valence-electron chi connectivity index (χ2n) is 8.28. The number of Topliss-reactive ketones (excluding diaryl/α,β-unsaturated/α-hetero) is 1. The number of phenolic OH excluding ortho intramolecular Hbond substituents is 1. The maximum atomic E-state index is 13.3. The van der Waals surface area contributed by atoms with Crippen LogP contribution >= 0.6 is 11.5 Å². The molecular formula is C24H24N4O5S. The number of carbonyl (C=O) groups excluding carboxylic acids is 3. The monoisotopic (exact) mass is 480 g/mol. The molecule has 34 heavy (non-hydrogen) atoms. The van der Waals surface area contributed by atoms with Crippen molar-refractivity contribution in [3.63, 3.8) is 0 Å². The van der Waals surface area contributed by atoms with Crippen LogP contribution in [-0.4, -0.2) is 57.1 Å². The first-order valence-electron chi connectivity index (χ1n) is 10.7. The molecule has 4 rings (SSSR count). The number of aromatic nitrogens is 2. The van der Waals surface area contributed by atoms with Gasteiger partial charge in [0.25, 0.3) is 5.91 Å². The van der Waals surface area contributed by atoms with Crippen molar-refractivity contribution in [2.24, 2.45) is 0 Å². The summed E-state index contributed by atoms with van der Waals surface area (Å²) in [6, 6.07) is 13.2. The third-order valence-electron chi connectivity index (χ3n) is 6.11. The number of hydrogen-bond acceptors (Lipinski definition) is 8. The third kappa shape index (κ3) is 4.82. The lowest BCUT2D eigenvalue weighted by Crippen LogP contribution is -2.57. The number of nitrogens with zero attached hydrogens (tertiary/aromatic N) is 2. The first-order chi connectivity index (χ1) is 16.3. The Balaban J connectivity index is 1.49. The summed E-state index contributed by atoms with van der Waals surface area (Å²) in [5.74, 6) is -1.71. The van der Waals surface area contributed by atoms with Crippen LogP contribution in [-0.2, 0) is 14.3 Å². The first kappa shape index (κ1) is 23.5. The number of rotatable bonds is 7. The molecule has 0 spiro atoms. The molecule has 3 aromatic rings. The number of phenols is 1. The molecule has 0 saturated carbocycles. The molecule has 0 radical (unpaired) electrons. The molecule has 0 bridgehead atoms. The zero-order valence-electron chi connectivity index (χ0n) is 18.6. The molecule has 9 nitrogen and oxygen atoms in total. The Morgan fingerprint density at radius 1 is 1.21 bits per heavy atom. The lowest BCUT2D eigenvalue weighted by atomic mass is 9.90. The molecule has 0 aliphatic carbocycles. The van der Waals surface area contributed by atoms with Gasteiger partial charge in [0.05, 0.1) is 23.1 Å². The molecule has 1 saturated heterocycles. The van der Waals surface area contributed by atoms with Gasteiger partial charge in [-0.1, -0.05) is 28.8 Å². The van der Waals surface area contributed by atoms with E-state index in [1.54, 1.807) is 44.3 Å². The number of carbonyl (C=O) groups is 3. The predicted octanol–water partition coefficient (Wildman–Crippen LogP) is 2.29. The lowest BCUT2D eigenvalue weighted by Gasteiger charge is -2.29. The highest BCUT2D eigenvalue weighted by Crippen LogP contribution is 2.26. The van der Waals surface area contributed by atoms with E-state index in [1.165, 1.54) is 23.7 Å². The van der Waals surface area contributed by atoms with Crippen molar-refractivity contribution in [2.75, 3.05) is 13.2 Å². The van der Waals surface area contributed by atoms with Gasteiger partial charge in [-0.25, -0.2) is 0 Å². The summed E-state index contributed by atoms with van der Waals surface area (Å²) < 4.78 is 9.24. The van der Waals surface area contributed by atoms with Crippen LogP contribution in [0.5, 0.6) is 5.75 Å². The normalized spacial score (nSPS) is 20.6. The van der Waals surface area contributed by atoms with E-state index in [0.29, 0.717) is 11.1 Å². The van der Waals surface area contributed by atoms with E-state index in [1.807, 2.05) is 12.1 Å². The minimum atomic E-state index is -1.16. The van der Waals surface area contributed by atoms with E-state index in [4.69, 9.17) is 4.74 Å². The summed E-state index contributed by atoms with van der Waals surface area (Å²) in [6.45, 7) is 3.30. The van der Waals surface area contributed by atoms with E-state index in [-0.39, 0.29) is 30.6 Å². The molecule has 2 aromatic carbocycles. The number of ketones is 1. The van der Waals surface area contributed by atoms with Crippen molar-refractivity contribution < 1.29 is 24.2 Å². The number of amides is 2. The van der Waals surface area contributed by atoms with Gasteiger partial charge in [-0.2, -0.15) is 0 Å². The van der Waals surface area contributed by atoms with Crippen LogP contribution in [0.4, 0.5) is 0 Å². The average Bonchev–Trinajstić information content (AvgIpc) is 3.45. The number of nitrogens with one attached hydrogen (secondary N) is 2. The molecule has 3 N–H and O–H groups in total. The third-order valence-corrected chi connectivity index (χ3v) is 6.82. The summed E-state index contributed by atoms with van der Waals surface area (Å²) in [5, 5.41) is 19.1. The highest BCUT2D eigenvalue weighted by atomic mass is 32.1. The van der Waals surface area contributed by atoms with E-state index in [0.717, 1.165) is 10.4 Å². The summed E-state index contributed by atoms with van der Waals surface area (Å²) >= 11 is 1.26. The van der Waals surface area contributed by atoms with Crippen LogP contribution in [0.1, 0.15) is 35.7 Å². The van der Waals surface area contributed by atoms with Gasteiger partial charge in [-0.3, -0.25) is 14.4 Å². The van der Waals surface area contributed by atoms with Gasteiger partial charge in [0.15, 0.2) is 5.78 Å². The maximum absolute atomic E-state index is 13.3. The fourth-order valence-corrected chi connectivity index (χ4v) is 4.22. The largest absolute Gasteiger partial charge is 0.508 e. The van der Waals surface area contributed by atoms with E-state index < -0.39 is 23.5 Å². The van der Waals surface area contributed by atoms with Gasteiger partial charge in [0.2, 0.25) is 5.91 Å². The Morgan fingerprint density at radius 3 is 2.50 bits per heavy atom. The molecule has 1 aliphatic rings. The van der Waals surface area contributed by atoms with E-state index in [9.17, 15) is 19.5 Å². The number of aromatic hydroxyl groups is 1. The highest BCUT2D eigenvalue weighted by Gasteiger charge is 2.47. The van der Waals surface area contributed by atoms with Crippen LogP contribution in [0.25, 0.3) is 10.4 Å². The lowest BCUT2D eigenvalue weighted by molar-refractivity contribution is -0.130. The van der Waals surface area contributed by atoms with Crippen LogP contribution in [0.2, 0.25) is 0 Å². The molecule has 10 heteroatoms. The smallest absolute Gasteiger partial charge is 0.251 e. The molecule has 2 heterocycles. The molecule has 2 amide bonds. The quantitative estimate of drug-likeness (QED) is 0.473. The van der Waals surface area contributed by atoms with Gasteiger partial charge >= 0.3 is 0 Å². The molecule has 1 fully saturated rings. The average molecular weight is 481 g/mol. The minimum absolute atomic E-state index is 0.00450. The summed E-state index contributed by atoms with van der Waals surface area (Å²) in [7, 11) is 0. The predicted molar refractivity (Wildman–Crippen MR) is 125 cm³/mol. The Hall–Kier alpha value is -3.63. The summed E-state index contributed by atoms with van der Waals surface area (Å²) in [4.78, 5) is 39.3. The Labute approximate surface area is 200 Å². The Morgan fingerprint density at radius 2 is 1.91 bits per heavy atom. The second kappa shape index (κ2) is 9.70. The molecule has 1 aromatic heterocycles. The summed E-state index contributed by atoms with van der Waals surface area (Å²) in [6.07, 6.45) is 1.17. The molecule has 3 unspecified atom stereocenters. The van der Waals surface area contributed by atoms with E-state index >= 15 is 0 Å². The van der Waals surface area contributed by atoms with E-state index in [2.05, 4.69) is 20.2 Å². The molecular weight excluding hydrogens is 456 g/mol. The summed E-state index contributed by atoms with van der Waals surface area (Å²) in [5.41, 5.74) is 0.772. The standard InChI is InChI=1S/C24H24N4O5S/c1-14-24(2,21(30)13-33-14)27-23(32)19(15-7-9-18(29)10-8-15)11-25-22(31)17-5-3-16(4-6-17)20-12-26-28-34-20/h3-10,12,14,19,29H,11,13H2,1-2H3,(H,25,31)(H,27,32). The van der Waals surface area contributed by atoms with Crippen molar-refractivity contribution in [1.82, 2.24) is 20.2 Å². The SMILES string of the molecule is CC1OCC(=O)C1(C)NC(=O)C(CNC(=O)c1ccc(-c2cnns2)cc1)c1ccc(O)cc1. The minimum Gasteiger partial charge on any atom is -0.508 e. The van der Waals surface area contributed by atoms with Gasteiger partial charge in [0.1, 0.15) is 17.9 Å². The van der Waals surface area contributed by atoms with Crippen LogP contribution in [0.15, 0.2) is 54.7 Å². The zero-order chi connectivity index (χ0) is 24.3. The van der Waals surface area contributed by atoms with Gasteiger partial charge < -0.3 is 20.5 Å². The van der Waals surface area contributed by atoms with Gasteiger partial charge in [0, 0.05) is 12.1 Å². The first-order valence-corrected chi connectivity index (χ1v) is 11.5. The molecule has 3 atom stereocenters. The van der Waals surface area contributed by atoms with Gasteiger partial charge in [-0.05, 0) is 60.8 Å².